The summed E-state index contributed by atoms with van der Waals surface area (Å²) in [4.78, 5) is 0.566. The van der Waals surface area contributed by atoms with E-state index in [0.717, 1.165) is 11.1 Å². The normalized spacial score (nSPS) is 10.6. The van der Waals surface area contributed by atoms with Gasteiger partial charge in [0.25, 0.3) is 0 Å². The van der Waals surface area contributed by atoms with E-state index in [-0.39, 0.29) is 11.6 Å². The van der Waals surface area contributed by atoms with Gasteiger partial charge in [-0.3, -0.25) is 0 Å². The predicted molar refractivity (Wildman–Crippen MR) is 70.3 cm³/mol. The molecule has 0 aliphatic carbocycles. The Morgan fingerprint density at radius 2 is 1.72 bits per heavy atom. The van der Waals surface area contributed by atoms with Crippen molar-refractivity contribution < 1.29 is 8.78 Å². The monoisotopic (exact) mass is 265 g/mol. The summed E-state index contributed by atoms with van der Waals surface area (Å²) in [6, 6.07) is 11.3. The Bertz CT molecular complexity index is 543. The molecule has 0 fully saturated rings. The lowest BCUT2D eigenvalue weighted by atomic mass is 10.1. The Balaban J connectivity index is 2.11. The van der Waals surface area contributed by atoms with Crippen LogP contribution in [0.4, 0.5) is 8.78 Å². The third kappa shape index (κ3) is 3.31. The van der Waals surface area contributed by atoms with Gasteiger partial charge in [0.1, 0.15) is 11.6 Å². The van der Waals surface area contributed by atoms with Crippen LogP contribution < -0.4 is 5.73 Å². The molecule has 0 unspecified atom stereocenters. The van der Waals surface area contributed by atoms with Crippen LogP contribution in [0.5, 0.6) is 0 Å². The Morgan fingerprint density at radius 3 is 2.44 bits per heavy atom. The third-order valence-electron chi connectivity index (χ3n) is 2.48. The Morgan fingerprint density at radius 1 is 1.00 bits per heavy atom. The zero-order chi connectivity index (χ0) is 13.0. The molecule has 0 aromatic heterocycles. The van der Waals surface area contributed by atoms with Gasteiger partial charge < -0.3 is 5.73 Å². The van der Waals surface area contributed by atoms with Gasteiger partial charge in [-0.2, -0.15) is 0 Å². The van der Waals surface area contributed by atoms with Crippen molar-refractivity contribution in [2.24, 2.45) is 5.73 Å². The fourth-order valence-corrected chi connectivity index (χ4v) is 2.51. The van der Waals surface area contributed by atoms with Gasteiger partial charge in [-0.25, -0.2) is 8.78 Å². The number of halogens is 2. The summed E-state index contributed by atoms with van der Waals surface area (Å²) in [7, 11) is 0. The molecule has 0 heterocycles. The number of hydrogen-bond donors (Lipinski definition) is 1. The molecule has 0 atom stereocenters. The van der Waals surface area contributed by atoms with Crippen molar-refractivity contribution in [2.45, 2.75) is 17.2 Å². The van der Waals surface area contributed by atoms with Crippen molar-refractivity contribution in [3.63, 3.8) is 0 Å². The summed E-state index contributed by atoms with van der Waals surface area (Å²) >= 11 is 1.35. The first kappa shape index (κ1) is 13.1. The molecule has 1 nitrogen and oxygen atoms in total. The molecule has 2 aromatic rings. The summed E-state index contributed by atoms with van der Waals surface area (Å²) in [5.41, 5.74) is 7.04. The highest BCUT2D eigenvalue weighted by Crippen LogP contribution is 2.25. The number of nitrogens with two attached hydrogens (primary N) is 1. The van der Waals surface area contributed by atoms with Gasteiger partial charge in [-0.05, 0) is 35.4 Å². The number of rotatable bonds is 4. The average Bonchev–Trinajstić information content (AvgIpc) is 2.37. The summed E-state index contributed by atoms with van der Waals surface area (Å²) in [5.74, 6) is -0.0360. The van der Waals surface area contributed by atoms with Crippen molar-refractivity contribution in [1.29, 1.82) is 0 Å². The second kappa shape index (κ2) is 5.98. The number of hydrogen-bond acceptors (Lipinski definition) is 2. The van der Waals surface area contributed by atoms with E-state index in [1.807, 2.05) is 6.07 Å². The zero-order valence-electron chi connectivity index (χ0n) is 9.70. The predicted octanol–water partition coefficient (Wildman–Crippen LogP) is 3.72. The number of benzene rings is 2. The van der Waals surface area contributed by atoms with Gasteiger partial charge in [-0.15, -0.1) is 11.8 Å². The first-order chi connectivity index (χ1) is 8.69. The van der Waals surface area contributed by atoms with Gasteiger partial charge in [0.05, 0.1) is 0 Å². The molecule has 94 valence electrons. The lowest BCUT2D eigenvalue weighted by Gasteiger charge is -2.05. The first-order valence-corrected chi connectivity index (χ1v) is 6.53. The fraction of sp³-hybridized carbons (Fsp3) is 0.143. The SMILES string of the molecule is NCc1cc(F)cc(CSc2ccccc2F)c1. The topological polar surface area (TPSA) is 26.0 Å². The molecule has 0 saturated carbocycles. The highest BCUT2D eigenvalue weighted by atomic mass is 32.2. The summed E-state index contributed by atoms with van der Waals surface area (Å²) < 4.78 is 26.7. The van der Waals surface area contributed by atoms with E-state index in [4.69, 9.17) is 5.73 Å². The molecule has 0 bridgehead atoms. The quantitative estimate of drug-likeness (QED) is 0.853. The van der Waals surface area contributed by atoms with Crippen molar-refractivity contribution in [1.82, 2.24) is 0 Å². The molecule has 0 amide bonds. The molecular formula is C14H13F2NS. The van der Waals surface area contributed by atoms with Gasteiger partial charge >= 0.3 is 0 Å². The van der Waals surface area contributed by atoms with Crippen LogP contribution in [0, 0.1) is 11.6 Å². The minimum atomic E-state index is -0.304. The van der Waals surface area contributed by atoms with Crippen LogP contribution in [0.2, 0.25) is 0 Å². The molecular weight excluding hydrogens is 252 g/mol. The van der Waals surface area contributed by atoms with Crippen molar-refractivity contribution in [2.75, 3.05) is 0 Å². The molecule has 0 aliphatic rings. The maximum atomic E-state index is 13.4. The maximum absolute atomic E-state index is 13.4. The second-order valence-corrected chi connectivity index (χ2v) is 4.91. The van der Waals surface area contributed by atoms with E-state index >= 15 is 0 Å². The van der Waals surface area contributed by atoms with Gasteiger partial charge in [-0.1, -0.05) is 18.2 Å². The van der Waals surface area contributed by atoms with Crippen LogP contribution in [0.15, 0.2) is 47.4 Å². The highest BCUT2D eigenvalue weighted by molar-refractivity contribution is 7.98. The van der Waals surface area contributed by atoms with Crippen LogP contribution in [0.3, 0.4) is 0 Å². The van der Waals surface area contributed by atoms with Gasteiger partial charge in [0.2, 0.25) is 0 Å². The average molecular weight is 265 g/mol. The van der Waals surface area contributed by atoms with E-state index in [0.29, 0.717) is 17.2 Å². The summed E-state index contributed by atoms with van der Waals surface area (Å²) in [5, 5.41) is 0. The minimum absolute atomic E-state index is 0.252. The van der Waals surface area contributed by atoms with Crippen molar-refractivity contribution in [3.8, 4) is 0 Å². The molecule has 0 spiro atoms. The Kier molecular flexibility index (Phi) is 4.33. The second-order valence-electron chi connectivity index (χ2n) is 3.89. The molecule has 0 saturated heterocycles. The van der Waals surface area contributed by atoms with Crippen molar-refractivity contribution in [3.05, 3.63) is 65.2 Å². The van der Waals surface area contributed by atoms with E-state index in [1.165, 1.54) is 30.0 Å². The fourth-order valence-electron chi connectivity index (χ4n) is 1.64. The number of thioether (sulfide) groups is 1. The van der Waals surface area contributed by atoms with E-state index < -0.39 is 0 Å². The van der Waals surface area contributed by atoms with Crippen molar-refractivity contribution >= 4 is 11.8 Å². The molecule has 18 heavy (non-hydrogen) atoms. The maximum Gasteiger partial charge on any atom is 0.136 e. The third-order valence-corrected chi connectivity index (χ3v) is 3.60. The Hall–Kier alpha value is -1.39. The van der Waals surface area contributed by atoms with Crippen LogP contribution in [-0.2, 0) is 12.3 Å². The standard InChI is InChI=1S/C14H13F2NS/c15-12-6-10(8-17)5-11(7-12)9-18-14-4-2-1-3-13(14)16/h1-7H,8-9,17H2. The van der Waals surface area contributed by atoms with E-state index in [2.05, 4.69) is 0 Å². The minimum Gasteiger partial charge on any atom is -0.326 e. The molecule has 4 heteroatoms. The molecule has 2 rings (SSSR count). The highest BCUT2D eigenvalue weighted by Gasteiger charge is 2.04. The summed E-state index contributed by atoms with van der Waals surface area (Å²) in [6.07, 6.45) is 0. The molecule has 0 aliphatic heterocycles. The lowest BCUT2D eigenvalue weighted by molar-refractivity contribution is 0.602. The zero-order valence-corrected chi connectivity index (χ0v) is 10.5. The van der Waals surface area contributed by atoms with Crippen LogP contribution >= 0.6 is 11.8 Å². The lowest BCUT2D eigenvalue weighted by Crippen LogP contribution is -1.98. The molecule has 2 aromatic carbocycles. The molecule has 0 radical (unpaired) electrons. The van der Waals surface area contributed by atoms with E-state index in [1.54, 1.807) is 18.2 Å². The van der Waals surface area contributed by atoms with Gasteiger partial charge in [0.15, 0.2) is 0 Å². The van der Waals surface area contributed by atoms with E-state index in [9.17, 15) is 8.78 Å². The largest absolute Gasteiger partial charge is 0.326 e. The van der Waals surface area contributed by atoms with Crippen LogP contribution in [0.25, 0.3) is 0 Å². The molecule has 2 N–H and O–H groups in total. The first-order valence-electron chi connectivity index (χ1n) is 5.55. The summed E-state index contributed by atoms with van der Waals surface area (Å²) in [6.45, 7) is 0.301. The smallest absolute Gasteiger partial charge is 0.136 e. The van der Waals surface area contributed by atoms with Gasteiger partial charge in [0, 0.05) is 17.2 Å². The Labute approximate surface area is 109 Å². The van der Waals surface area contributed by atoms with Crippen LogP contribution in [-0.4, -0.2) is 0 Å². The van der Waals surface area contributed by atoms with Crippen LogP contribution in [0.1, 0.15) is 11.1 Å².